The van der Waals surface area contributed by atoms with E-state index in [2.05, 4.69) is 10.3 Å². The topological polar surface area (TPSA) is 83.8 Å². The van der Waals surface area contributed by atoms with Crippen molar-refractivity contribution in [1.82, 2.24) is 5.01 Å². The van der Waals surface area contributed by atoms with Gasteiger partial charge in [0, 0.05) is 0 Å². The fourth-order valence-corrected chi connectivity index (χ4v) is 3.57. The van der Waals surface area contributed by atoms with Crippen molar-refractivity contribution >= 4 is 29.1 Å². The van der Waals surface area contributed by atoms with Gasteiger partial charge in [-0.1, -0.05) is 29.0 Å². The summed E-state index contributed by atoms with van der Waals surface area (Å²) >= 11 is 6.15. The van der Waals surface area contributed by atoms with E-state index in [1.54, 1.807) is 19.2 Å². The number of amides is 2. The van der Waals surface area contributed by atoms with Crippen molar-refractivity contribution in [2.24, 2.45) is 10.3 Å². The number of halogens is 1. The molecule has 28 heavy (non-hydrogen) atoms. The zero-order valence-electron chi connectivity index (χ0n) is 15.2. The third-order valence-corrected chi connectivity index (χ3v) is 5.05. The first-order valence-corrected chi connectivity index (χ1v) is 8.93. The van der Waals surface area contributed by atoms with Crippen LogP contribution >= 0.6 is 11.6 Å². The van der Waals surface area contributed by atoms with E-state index in [9.17, 15) is 9.59 Å². The lowest BCUT2D eigenvalue weighted by Crippen LogP contribution is -2.39. The summed E-state index contributed by atoms with van der Waals surface area (Å²) in [6.45, 7) is 0.352. The average Bonchev–Trinajstić information content (AvgIpc) is 3.22. The van der Waals surface area contributed by atoms with Crippen LogP contribution in [-0.2, 0) is 16.1 Å². The van der Waals surface area contributed by atoms with E-state index < -0.39 is 18.0 Å². The standard InChI is InChI=1S/C19H17ClN4O4/c1-27-13-6-3-11(4-7-13)10-23-17-16(21-22-23)18(25)24(19(17)26)12-5-8-15(28-2)14(20)9-12/h3-9,16-17H,10H2,1-2H3/t16-,17-/m0/s1. The molecule has 2 atom stereocenters. The SMILES string of the molecule is COc1ccc(CN2N=N[C@@H]3C(=O)N(c4ccc(OC)c(Cl)c4)C(=O)[C@H]32)cc1. The molecule has 0 spiro atoms. The number of nitrogens with zero attached hydrogens (tertiary/aromatic N) is 4. The molecule has 144 valence electrons. The van der Waals surface area contributed by atoms with Crippen molar-refractivity contribution in [3.63, 3.8) is 0 Å². The van der Waals surface area contributed by atoms with Gasteiger partial charge in [0.15, 0.2) is 12.1 Å². The van der Waals surface area contributed by atoms with E-state index in [0.29, 0.717) is 23.0 Å². The number of benzene rings is 2. The number of anilines is 1. The molecule has 8 nitrogen and oxygen atoms in total. The summed E-state index contributed by atoms with van der Waals surface area (Å²) < 4.78 is 10.3. The smallest absolute Gasteiger partial charge is 0.263 e. The van der Waals surface area contributed by atoms with Gasteiger partial charge in [-0.3, -0.25) is 14.6 Å². The van der Waals surface area contributed by atoms with Crippen LogP contribution in [0.25, 0.3) is 0 Å². The highest BCUT2D eigenvalue weighted by atomic mass is 35.5. The van der Waals surface area contributed by atoms with E-state index in [0.717, 1.165) is 16.2 Å². The number of rotatable bonds is 5. The van der Waals surface area contributed by atoms with Gasteiger partial charge in [0.25, 0.3) is 11.8 Å². The van der Waals surface area contributed by atoms with E-state index in [1.807, 2.05) is 24.3 Å². The van der Waals surface area contributed by atoms with Gasteiger partial charge in [-0.05, 0) is 35.9 Å². The fourth-order valence-electron chi connectivity index (χ4n) is 3.32. The minimum Gasteiger partial charge on any atom is -0.497 e. The number of hydrogen-bond donors (Lipinski definition) is 0. The number of fused-ring (bicyclic) bond motifs is 1. The highest BCUT2D eigenvalue weighted by molar-refractivity contribution is 6.33. The molecule has 2 aliphatic rings. The van der Waals surface area contributed by atoms with Crippen molar-refractivity contribution < 1.29 is 19.1 Å². The van der Waals surface area contributed by atoms with Crippen LogP contribution in [0.4, 0.5) is 5.69 Å². The average molecular weight is 401 g/mol. The number of imide groups is 1. The van der Waals surface area contributed by atoms with Gasteiger partial charge in [0.1, 0.15) is 11.5 Å². The van der Waals surface area contributed by atoms with E-state index in [4.69, 9.17) is 21.1 Å². The Morgan fingerprint density at radius 2 is 1.79 bits per heavy atom. The van der Waals surface area contributed by atoms with Crippen LogP contribution in [0.5, 0.6) is 11.5 Å². The second-order valence-electron chi connectivity index (χ2n) is 6.37. The molecule has 0 saturated carbocycles. The van der Waals surface area contributed by atoms with Crippen molar-refractivity contribution in [3.05, 3.63) is 53.1 Å². The minimum absolute atomic E-state index is 0.314. The first-order chi connectivity index (χ1) is 13.5. The zero-order valence-corrected chi connectivity index (χ0v) is 16.0. The number of methoxy groups -OCH3 is 2. The predicted molar refractivity (Wildman–Crippen MR) is 101 cm³/mol. The first-order valence-electron chi connectivity index (χ1n) is 8.55. The normalized spacial score (nSPS) is 20.7. The Balaban J connectivity index is 1.57. The number of carbonyl (C=O) groups is 2. The maximum atomic E-state index is 13.0. The van der Waals surface area contributed by atoms with Crippen LogP contribution in [-0.4, -0.2) is 43.1 Å². The zero-order chi connectivity index (χ0) is 19.8. The highest BCUT2D eigenvalue weighted by Crippen LogP contribution is 2.35. The summed E-state index contributed by atoms with van der Waals surface area (Å²) in [6.07, 6.45) is 0. The molecule has 9 heteroatoms. The Morgan fingerprint density at radius 1 is 1.04 bits per heavy atom. The minimum atomic E-state index is -0.855. The summed E-state index contributed by atoms with van der Waals surface area (Å²) in [4.78, 5) is 26.9. The van der Waals surface area contributed by atoms with Gasteiger partial charge in [-0.25, -0.2) is 4.90 Å². The van der Waals surface area contributed by atoms with Crippen LogP contribution in [0.3, 0.4) is 0 Å². The Morgan fingerprint density at radius 3 is 2.43 bits per heavy atom. The summed E-state index contributed by atoms with van der Waals surface area (Å²) in [6, 6.07) is 10.5. The molecule has 0 unspecified atom stereocenters. The second kappa shape index (κ2) is 7.12. The Hall–Kier alpha value is -3.13. The third-order valence-electron chi connectivity index (χ3n) is 4.76. The molecule has 2 aliphatic heterocycles. The maximum absolute atomic E-state index is 13.0. The van der Waals surface area contributed by atoms with Gasteiger partial charge < -0.3 is 9.47 Å². The van der Waals surface area contributed by atoms with Crippen LogP contribution in [0.15, 0.2) is 52.8 Å². The highest BCUT2D eigenvalue weighted by Gasteiger charge is 2.54. The number of hydrogen-bond acceptors (Lipinski definition) is 7. The Bertz CT molecular complexity index is 963. The lowest BCUT2D eigenvalue weighted by atomic mass is 10.1. The summed E-state index contributed by atoms with van der Waals surface area (Å²) in [5.41, 5.74) is 1.31. The predicted octanol–water partition coefficient (Wildman–Crippen LogP) is 2.85. The molecule has 2 amide bonds. The molecule has 0 aliphatic carbocycles. The van der Waals surface area contributed by atoms with Gasteiger partial charge in [0.05, 0.1) is 31.5 Å². The molecular formula is C19H17ClN4O4. The molecular weight excluding hydrogens is 384 g/mol. The summed E-state index contributed by atoms with van der Waals surface area (Å²) in [5.74, 6) is 0.400. The maximum Gasteiger partial charge on any atom is 0.263 e. The van der Waals surface area contributed by atoms with Gasteiger partial charge in [0.2, 0.25) is 0 Å². The van der Waals surface area contributed by atoms with E-state index in [1.165, 1.54) is 18.2 Å². The Labute approximate surface area is 166 Å². The molecule has 0 N–H and O–H groups in total. The lowest BCUT2D eigenvalue weighted by Gasteiger charge is -2.21. The third kappa shape index (κ3) is 2.95. The fraction of sp³-hybridized carbons (Fsp3) is 0.263. The monoisotopic (exact) mass is 400 g/mol. The van der Waals surface area contributed by atoms with Crippen LogP contribution in [0.1, 0.15) is 5.56 Å². The quantitative estimate of drug-likeness (QED) is 0.720. The van der Waals surface area contributed by atoms with Crippen LogP contribution in [0.2, 0.25) is 5.02 Å². The van der Waals surface area contributed by atoms with Crippen LogP contribution in [0, 0.1) is 0 Å². The van der Waals surface area contributed by atoms with Gasteiger partial charge in [-0.2, -0.15) is 5.11 Å². The number of carbonyl (C=O) groups excluding carboxylic acids is 2. The Kier molecular flexibility index (Phi) is 4.64. The van der Waals surface area contributed by atoms with E-state index in [-0.39, 0.29) is 5.91 Å². The van der Waals surface area contributed by atoms with Crippen molar-refractivity contribution in [2.75, 3.05) is 19.1 Å². The largest absolute Gasteiger partial charge is 0.497 e. The molecule has 2 aromatic rings. The molecule has 2 heterocycles. The summed E-state index contributed by atoms with van der Waals surface area (Å²) in [7, 11) is 3.09. The van der Waals surface area contributed by atoms with Gasteiger partial charge >= 0.3 is 0 Å². The molecule has 1 saturated heterocycles. The van der Waals surface area contributed by atoms with E-state index >= 15 is 0 Å². The molecule has 1 fully saturated rings. The van der Waals surface area contributed by atoms with Crippen molar-refractivity contribution in [3.8, 4) is 11.5 Å². The van der Waals surface area contributed by atoms with Crippen LogP contribution < -0.4 is 14.4 Å². The molecule has 2 aromatic carbocycles. The summed E-state index contributed by atoms with van der Waals surface area (Å²) in [5, 5.41) is 9.93. The number of ether oxygens (including phenoxy) is 2. The molecule has 0 aromatic heterocycles. The first kappa shape index (κ1) is 18.2. The van der Waals surface area contributed by atoms with Crippen molar-refractivity contribution in [1.29, 1.82) is 0 Å². The molecule has 0 bridgehead atoms. The molecule has 0 radical (unpaired) electrons. The second-order valence-corrected chi connectivity index (χ2v) is 6.78. The van der Waals surface area contributed by atoms with Gasteiger partial charge in [-0.15, -0.1) is 0 Å². The lowest BCUT2D eigenvalue weighted by molar-refractivity contribution is -0.123. The van der Waals surface area contributed by atoms with Crippen molar-refractivity contribution in [2.45, 2.75) is 18.6 Å². The molecule has 4 rings (SSSR count).